The highest BCUT2D eigenvalue weighted by atomic mass is 16.4. The summed E-state index contributed by atoms with van der Waals surface area (Å²) in [4.78, 5) is 28.5. The van der Waals surface area contributed by atoms with Crippen molar-refractivity contribution in [1.82, 2.24) is 19.7 Å². The number of aromatic nitrogens is 4. The Morgan fingerprint density at radius 3 is 2.73 bits per heavy atom. The number of hydrogen-bond donors (Lipinski definition) is 1. The lowest BCUT2D eigenvalue weighted by molar-refractivity contribution is 0.102. The first-order chi connectivity index (χ1) is 12.6. The van der Waals surface area contributed by atoms with Gasteiger partial charge < -0.3 is 9.73 Å². The highest BCUT2D eigenvalue weighted by Crippen LogP contribution is 2.15. The number of rotatable bonds is 3. The van der Waals surface area contributed by atoms with Crippen LogP contribution in [0, 0.1) is 6.92 Å². The molecule has 0 saturated carbocycles. The fraction of sp³-hybridized carbons (Fsp3) is 0.0556. The predicted octanol–water partition coefficient (Wildman–Crippen LogP) is 2.33. The molecule has 3 aromatic heterocycles. The predicted molar refractivity (Wildman–Crippen MR) is 94.3 cm³/mol. The van der Waals surface area contributed by atoms with Crippen molar-refractivity contribution in [3.8, 4) is 5.82 Å². The minimum atomic E-state index is -0.629. The molecule has 0 fully saturated rings. The summed E-state index contributed by atoms with van der Waals surface area (Å²) < 4.78 is 6.94. The van der Waals surface area contributed by atoms with E-state index in [4.69, 9.17) is 4.42 Å². The molecular weight excluding hydrogens is 334 g/mol. The number of nitrogens with zero attached hydrogens (tertiary/aromatic N) is 4. The molecule has 1 aromatic carbocycles. The molecule has 0 aliphatic heterocycles. The molecule has 0 bridgehead atoms. The molecule has 0 saturated heterocycles. The van der Waals surface area contributed by atoms with Crippen LogP contribution in [0.2, 0.25) is 0 Å². The molecule has 8 nitrogen and oxygen atoms in total. The van der Waals surface area contributed by atoms with E-state index in [1.807, 2.05) is 13.0 Å². The number of para-hydroxylation sites is 1. The van der Waals surface area contributed by atoms with Gasteiger partial charge in [-0.2, -0.15) is 0 Å². The van der Waals surface area contributed by atoms with E-state index >= 15 is 0 Å². The maximum absolute atomic E-state index is 12.4. The zero-order valence-electron chi connectivity index (χ0n) is 13.7. The highest BCUT2D eigenvalue weighted by Gasteiger charge is 2.13. The van der Waals surface area contributed by atoms with Crippen LogP contribution in [-0.4, -0.2) is 25.7 Å². The van der Waals surface area contributed by atoms with Gasteiger partial charge in [0.25, 0.3) is 5.91 Å². The van der Waals surface area contributed by atoms with Crippen molar-refractivity contribution in [2.75, 3.05) is 5.32 Å². The average Bonchev–Trinajstić information content (AvgIpc) is 3.08. The van der Waals surface area contributed by atoms with Crippen molar-refractivity contribution in [2.45, 2.75) is 6.92 Å². The van der Waals surface area contributed by atoms with Gasteiger partial charge in [0.05, 0.1) is 0 Å². The van der Waals surface area contributed by atoms with Crippen LogP contribution in [0.3, 0.4) is 0 Å². The smallest absolute Gasteiger partial charge is 0.360 e. The fourth-order valence-corrected chi connectivity index (χ4v) is 2.53. The van der Waals surface area contributed by atoms with Gasteiger partial charge >= 0.3 is 5.63 Å². The van der Waals surface area contributed by atoms with Crippen molar-refractivity contribution in [1.29, 1.82) is 0 Å². The number of imidazole rings is 1. The van der Waals surface area contributed by atoms with Gasteiger partial charge in [0.2, 0.25) is 0 Å². The summed E-state index contributed by atoms with van der Waals surface area (Å²) in [5.41, 5.74) is -0.0462. The summed E-state index contributed by atoms with van der Waals surface area (Å²) in [5.74, 6) is 0.751. The molecule has 0 atom stereocenters. The normalized spacial score (nSPS) is 10.8. The van der Waals surface area contributed by atoms with Crippen molar-refractivity contribution < 1.29 is 9.21 Å². The van der Waals surface area contributed by atoms with E-state index in [2.05, 4.69) is 20.5 Å². The maximum atomic E-state index is 12.4. The van der Waals surface area contributed by atoms with Crippen LogP contribution in [0.1, 0.15) is 16.3 Å². The van der Waals surface area contributed by atoms with Crippen molar-refractivity contribution in [2.24, 2.45) is 0 Å². The van der Waals surface area contributed by atoms with Crippen molar-refractivity contribution >= 4 is 22.6 Å². The molecule has 0 unspecified atom stereocenters. The lowest BCUT2D eigenvalue weighted by Gasteiger charge is -2.06. The van der Waals surface area contributed by atoms with Crippen LogP contribution in [-0.2, 0) is 0 Å². The zero-order chi connectivity index (χ0) is 18.1. The van der Waals surface area contributed by atoms with E-state index in [1.165, 1.54) is 6.07 Å². The molecule has 8 heteroatoms. The van der Waals surface area contributed by atoms with E-state index < -0.39 is 11.5 Å². The lowest BCUT2D eigenvalue weighted by atomic mass is 10.2. The van der Waals surface area contributed by atoms with Crippen LogP contribution >= 0.6 is 0 Å². The van der Waals surface area contributed by atoms with E-state index in [9.17, 15) is 9.59 Å². The van der Waals surface area contributed by atoms with E-state index in [-0.39, 0.29) is 11.4 Å². The van der Waals surface area contributed by atoms with E-state index in [0.29, 0.717) is 16.8 Å². The third kappa shape index (κ3) is 2.84. The minimum absolute atomic E-state index is 0.0463. The number of amides is 1. The summed E-state index contributed by atoms with van der Waals surface area (Å²) in [5, 5.41) is 11.2. The number of carbonyl (C=O) groups excluding carboxylic acids is 1. The fourth-order valence-electron chi connectivity index (χ4n) is 2.53. The SMILES string of the molecule is Cc1nccn1-c1ccc(C(=O)Nc2cc3ccccc3oc2=O)nn1. The Morgan fingerprint density at radius 2 is 2.00 bits per heavy atom. The molecule has 0 aliphatic rings. The van der Waals surface area contributed by atoms with Crippen LogP contribution < -0.4 is 10.9 Å². The Morgan fingerprint density at radius 1 is 1.15 bits per heavy atom. The third-order valence-corrected chi connectivity index (χ3v) is 3.85. The Balaban J connectivity index is 1.60. The first-order valence-corrected chi connectivity index (χ1v) is 7.80. The van der Waals surface area contributed by atoms with Gasteiger partial charge in [-0.1, -0.05) is 18.2 Å². The molecule has 4 rings (SSSR count). The number of carbonyl (C=O) groups is 1. The molecule has 1 N–H and O–H groups in total. The third-order valence-electron chi connectivity index (χ3n) is 3.85. The van der Waals surface area contributed by atoms with Crippen molar-refractivity contribution in [3.05, 3.63) is 76.8 Å². The number of fused-ring (bicyclic) bond motifs is 1. The molecule has 128 valence electrons. The number of nitrogens with one attached hydrogen (secondary N) is 1. The Labute approximate surface area is 147 Å². The van der Waals surface area contributed by atoms with Gasteiger partial charge in [-0.25, -0.2) is 9.78 Å². The van der Waals surface area contributed by atoms with Crippen molar-refractivity contribution in [3.63, 3.8) is 0 Å². The van der Waals surface area contributed by atoms with Crippen LogP contribution in [0.25, 0.3) is 16.8 Å². The summed E-state index contributed by atoms with van der Waals surface area (Å²) in [6.07, 6.45) is 3.40. The summed E-state index contributed by atoms with van der Waals surface area (Å²) >= 11 is 0. The topological polar surface area (TPSA) is 103 Å². The molecule has 4 aromatic rings. The zero-order valence-corrected chi connectivity index (χ0v) is 13.7. The second-order valence-corrected chi connectivity index (χ2v) is 5.56. The molecule has 1 amide bonds. The molecular formula is C18H13N5O3. The second kappa shape index (κ2) is 6.25. The van der Waals surface area contributed by atoms with Gasteiger partial charge in [-0.3, -0.25) is 9.36 Å². The molecule has 0 radical (unpaired) electrons. The Kier molecular flexibility index (Phi) is 3.77. The Hall–Kier alpha value is -3.81. The second-order valence-electron chi connectivity index (χ2n) is 5.56. The number of anilines is 1. The molecule has 0 aliphatic carbocycles. The molecule has 0 spiro atoms. The standard InChI is InChI=1S/C18H13N5O3/c1-11-19-8-9-23(11)16-7-6-13(21-22-16)17(24)20-14-10-12-4-2-3-5-15(12)26-18(14)25/h2-10H,1H3,(H,20,24). The van der Waals surface area contributed by atoms with E-state index in [0.717, 1.165) is 5.82 Å². The molecule has 3 heterocycles. The van der Waals surface area contributed by atoms with Crippen LogP contribution in [0.4, 0.5) is 5.69 Å². The van der Waals surface area contributed by atoms with Crippen LogP contribution in [0.15, 0.2) is 64.1 Å². The van der Waals surface area contributed by atoms with Gasteiger partial charge in [0.1, 0.15) is 17.1 Å². The number of benzene rings is 1. The maximum Gasteiger partial charge on any atom is 0.360 e. The molecule has 26 heavy (non-hydrogen) atoms. The number of hydrogen-bond acceptors (Lipinski definition) is 6. The minimum Gasteiger partial charge on any atom is -0.421 e. The van der Waals surface area contributed by atoms with E-state index in [1.54, 1.807) is 47.3 Å². The first kappa shape index (κ1) is 15.7. The van der Waals surface area contributed by atoms with Gasteiger partial charge in [-0.15, -0.1) is 10.2 Å². The lowest BCUT2D eigenvalue weighted by Crippen LogP contribution is -2.19. The summed E-state index contributed by atoms with van der Waals surface area (Å²) in [6.45, 7) is 1.83. The van der Waals surface area contributed by atoms with Gasteiger partial charge in [-0.05, 0) is 31.2 Å². The Bertz CT molecular complexity index is 1160. The van der Waals surface area contributed by atoms with Gasteiger partial charge in [0.15, 0.2) is 11.5 Å². The monoisotopic (exact) mass is 347 g/mol. The average molecular weight is 347 g/mol. The number of aryl methyl sites for hydroxylation is 1. The quantitative estimate of drug-likeness (QED) is 0.571. The van der Waals surface area contributed by atoms with Crippen LogP contribution in [0.5, 0.6) is 0 Å². The summed E-state index contributed by atoms with van der Waals surface area (Å²) in [7, 11) is 0. The highest BCUT2D eigenvalue weighted by molar-refractivity contribution is 6.03. The largest absolute Gasteiger partial charge is 0.421 e. The van der Waals surface area contributed by atoms with Gasteiger partial charge in [0, 0.05) is 17.8 Å². The summed E-state index contributed by atoms with van der Waals surface area (Å²) in [6, 6.07) is 11.8. The first-order valence-electron chi connectivity index (χ1n) is 7.80.